The zero-order chi connectivity index (χ0) is 11.6. The Balaban J connectivity index is 3.03. The first-order valence-electron chi connectivity index (χ1n) is 4.28. The standard InChI is InChI=1S/C9H11F3N2O/c1-5(15)8(13)6-2-7(4-14-3-6)9(10,11)12/h2-5,8,15H,13H2,1H3/t5-,8+/m0/s1. The molecule has 0 spiro atoms. The number of hydrogen-bond acceptors (Lipinski definition) is 3. The minimum atomic E-state index is -4.44. The van der Waals surface area contributed by atoms with Crippen molar-refractivity contribution in [3.05, 3.63) is 29.6 Å². The summed E-state index contributed by atoms with van der Waals surface area (Å²) in [4.78, 5) is 3.44. The number of aliphatic hydroxyl groups is 1. The van der Waals surface area contributed by atoms with Crippen molar-refractivity contribution < 1.29 is 18.3 Å². The van der Waals surface area contributed by atoms with E-state index < -0.39 is 23.9 Å². The molecule has 0 aliphatic heterocycles. The highest BCUT2D eigenvalue weighted by Crippen LogP contribution is 2.30. The summed E-state index contributed by atoms with van der Waals surface area (Å²) in [5.41, 5.74) is 4.79. The van der Waals surface area contributed by atoms with E-state index in [0.29, 0.717) is 0 Å². The average Bonchev–Trinajstić information content (AvgIpc) is 2.15. The molecule has 1 rings (SSSR count). The molecule has 0 saturated carbocycles. The molecule has 0 amide bonds. The van der Waals surface area contributed by atoms with Crippen LogP contribution in [0.4, 0.5) is 13.2 Å². The van der Waals surface area contributed by atoms with Crippen LogP contribution in [0.15, 0.2) is 18.5 Å². The Hall–Kier alpha value is -1.14. The maximum absolute atomic E-state index is 12.3. The van der Waals surface area contributed by atoms with Gasteiger partial charge >= 0.3 is 6.18 Å². The molecule has 6 heteroatoms. The van der Waals surface area contributed by atoms with Crippen molar-refractivity contribution in [2.75, 3.05) is 0 Å². The van der Waals surface area contributed by atoms with Gasteiger partial charge in [0.2, 0.25) is 0 Å². The molecule has 2 atom stereocenters. The third-order valence-corrected chi connectivity index (χ3v) is 1.99. The number of nitrogens with two attached hydrogens (primary N) is 1. The number of halogens is 3. The molecule has 84 valence electrons. The fourth-order valence-electron chi connectivity index (χ4n) is 1.07. The molecule has 0 aliphatic rings. The fraction of sp³-hybridized carbons (Fsp3) is 0.444. The van der Waals surface area contributed by atoms with Gasteiger partial charge in [-0.15, -0.1) is 0 Å². The van der Waals surface area contributed by atoms with Gasteiger partial charge in [-0.25, -0.2) is 0 Å². The smallest absolute Gasteiger partial charge is 0.391 e. The molecule has 15 heavy (non-hydrogen) atoms. The van der Waals surface area contributed by atoms with Crippen LogP contribution in [-0.2, 0) is 6.18 Å². The quantitative estimate of drug-likeness (QED) is 0.793. The van der Waals surface area contributed by atoms with Gasteiger partial charge in [-0.3, -0.25) is 4.98 Å². The second-order valence-corrected chi connectivity index (χ2v) is 3.27. The Kier molecular flexibility index (Phi) is 3.31. The molecule has 1 heterocycles. The topological polar surface area (TPSA) is 59.1 Å². The Morgan fingerprint density at radius 1 is 1.40 bits per heavy atom. The molecule has 0 radical (unpaired) electrons. The van der Waals surface area contributed by atoms with Crippen LogP contribution >= 0.6 is 0 Å². The highest BCUT2D eigenvalue weighted by atomic mass is 19.4. The molecule has 1 aromatic heterocycles. The Bertz CT molecular complexity index is 338. The van der Waals surface area contributed by atoms with Crippen LogP contribution in [0.25, 0.3) is 0 Å². The summed E-state index contributed by atoms with van der Waals surface area (Å²) in [6, 6.07) is 0.0319. The fourth-order valence-corrected chi connectivity index (χ4v) is 1.07. The van der Waals surface area contributed by atoms with E-state index in [4.69, 9.17) is 10.8 Å². The van der Waals surface area contributed by atoms with Gasteiger partial charge in [-0.05, 0) is 18.6 Å². The highest BCUT2D eigenvalue weighted by Gasteiger charge is 2.31. The van der Waals surface area contributed by atoms with E-state index in [0.717, 1.165) is 12.3 Å². The molecule has 0 saturated heterocycles. The summed E-state index contributed by atoms with van der Waals surface area (Å²) in [6.45, 7) is 1.41. The predicted molar refractivity (Wildman–Crippen MR) is 47.8 cm³/mol. The van der Waals surface area contributed by atoms with Crippen molar-refractivity contribution in [2.24, 2.45) is 5.73 Å². The number of aromatic nitrogens is 1. The second kappa shape index (κ2) is 4.16. The van der Waals surface area contributed by atoms with Gasteiger partial charge in [0.25, 0.3) is 0 Å². The second-order valence-electron chi connectivity index (χ2n) is 3.27. The first-order chi connectivity index (χ1) is 6.82. The number of rotatable bonds is 2. The maximum atomic E-state index is 12.3. The number of aliphatic hydroxyl groups excluding tert-OH is 1. The summed E-state index contributed by atoms with van der Waals surface area (Å²) >= 11 is 0. The van der Waals surface area contributed by atoms with Crippen LogP contribution in [0.5, 0.6) is 0 Å². The van der Waals surface area contributed by atoms with Crippen LogP contribution in [0.2, 0.25) is 0 Å². The van der Waals surface area contributed by atoms with Crippen molar-refractivity contribution >= 4 is 0 Å². The molecular weight excluding hydrogens is 209 g/mol. The first kappa shape index (κ1) is 11.9. The number of hydrogen-bond donors (Lipinski definition) is 2. The normalized spacial score (nSPS) is 16.1. The van der Waals surface area contributed by atoms with E-state index in [9.17, 15) is 13.2 Å². The number of nitrogens with zero attached hydrogens (tertiary/aromatic N) is 1. The lowest BCUT2D eigenvalue weighted by Gasteiger charge is -2.16. The minimum Gasteiger partial charge on any atom is -0.391 e. The summed E-state index contributed by atoms with van der Waals surface area (Å²) in [5, 5.41) is 9.13. The molecule has 0 aromatic carbocycles. The van der Waals surface area contributed by atoms with Gasteiger partial charge in [-0.1, -0.05) is 0 Å². The van der Waals surface area contributed by atoms with Crippen LogP contribution < -0.4 is 5.73 Å². The Morgan fingerprint density at radius 3 is 2.47 bits per heavy atom. The summed E-state index contributed by atoms with van der Waals surface area (Å²) < 4.78 is 36.9. The molecule has 0 fully saturated rings. The molecule has 3 nitrogen and oxygen atoms in total. The van der Waals surface area contributed by atoms with Crippen molar-refractivity contribution in [3.8, 4) is 0 Å². The van der Waals surface area contributed by atoms with Crippen molar-refractivity contribution in [3.63, 3.8) is 0 Å². The highest BCUT2D eigenvalue weighted by molar-refractivity contribution is 5.23. The third kappa shape index (κ3) is 2.90. The van der Waals surface area contributed by atoms with Crippen molar-refractivity contribution in [1.29, 1.82) is 0 Å². The monoisotopic (exact) mass is 220 g/mol. The van der Waals surface area contributed by atoms with Gasteiger partial charge in [0.15, 0.2) is 0 Å². The lowest BCUT2D eigenvalue weighted by Crippen LogP contribution is -2.23. The Morgan fingerprint density at radius 2 is 2.00 bits per heavy atom. The SMILES string of the molecule is C[C@H](O)[C@@H](N)c1cncc(C(F)(F)F)c1. The summed E-state index contributed by atoms with van der Waals surface area (Å²) in [5.74, 6) is 0. The molecule has 0 unspecified atom stereocenters. The zero-order valence-electron chi connectivity index (χ0n) is 7.99. The first-order valence-corrected chi connectivity index (χ1v) is 4.28. The van der Waals surface area contributed by atoms with Crippen molar-refractivity contribution in [1.82, 2.24) is 4.98 Å². The van der Waals surface area contributed by atoms with Crippen LogP contribution in [0.3, 0.4) is 0 Å². The van der Waals surface area contributed by atoms with Gasteiger partial charge in [0, 0.05) is 12.4 Å². The molecular formula is C9H11F3N2O. The van der Waals surface area contributed by atoms with Crippen LogP contribution in [-0.4, -0.2) is 16.2 Å². The van der Waals surface area contributed by atoms with E-state index in [1.807, 2.05) is 0 Å². The number of pyridine rings is 1. The summed E-state index contributed by atoms with van der Waals surface area (Å²) in [6.07, 6.45) is -3.43. The third-order valence-electron chi connectivity index (χ3n) is 1.99. The molecule has 3 N–H and O–H groups in total. The molecule has 1 aromatic rings. The number of alkyl halides is 3. The van der Waals surface area contributed by atoms with E-state index in [1.54, 1.807) is 0 Å². The van der Waals surface area contributed by atoms with E-state index in [1.165, 1.54) is 13.1 Å². The largest absolute Gasteiger partial charge is 0.417 e. The van der Waals surface area contributed by atoms with E-state index >= 15 is 0 Å². The van der Waals surface area contributed by atoms with Crippen LogP contribution in [0, 0.1) is 0 Å². The molecule has 0 bridgehead atoms. The maximum Gasteiger partial charge on any atom is 0.417 e. The zero-order valence-corrected chi connectivity index (χ0v) is 7.99. The van der Waals surface area contributed by atoms with E-state index in [2.05, 4.69) is 4.98 Å². The van der Waals surface area contributed by atoms with Gasteiger partial charge in [0.05, 0.1) is 17.7 Å². The minimum absolute atomic E-state index is 0.167. The van der Waals surface area contributed by atoms with Gasteiger partial charge in [0.1, 0.15) is 0 Å². The molecule has 0 aliphatic carbocycles. The lowest BCUT2D eigenvalue weighted by molar-refractivity contribution is -0.137. The van der Waals surface area contributed by atoms with Crippen LogP contribution in [0.1, 0.15) is 24.1 Å². The summed E-state index contributed by atoms with van der Waals surface area (Å²) in [7, 11) is 0. The van der Waals surface area contributed by atoms with Crippen molar-refractivity contribution in [2.45, 2.75) is 25.2 Å². The predicted octanol–water partition coefficient (Wildman–Crippen LogP) is 1.48. The lowest BCUT2D eigenvalue weighted by atomic mass is 10.0. The van der Waals surface area contributed by atoms with Gasteiger partial charge < -0.3 is 10.8 Å². The van der Waals surface area contributed by atoms with Gasteiger partial charge in [-0.2, -0.15) is 13.2 Å². The van der Waals surface area contributed by atoms with E-state index in [-0.39, 0.29) is 5.56 Å². The average molecular weight is 220 g/mol. The Labute approximate surface area is 84.7 Å².